The highest BCUT2D eigenvalue weighted by Crippen LogP contribution is 2.26. The molecule has 0 aliphatic heterocycles. The van der Waals surface area contributed by atoms with Crippen LogP contribution in [0.15, 0.2) is 54.6 Å². The number of hydrogen-bond acceptors (Lipinski definition) is 5. The predicted molar refractivity (Wildman–Crippen MR) is 95.2 cm³/mol. The van der Waals surface area contributed by atoms with Crippen molar-refractivity contribution < 1.29 is 9.53 Å². The summed E-state index contributed by atoms with van der Waals surface area (Å²) in [4.78, 5) is 12.3. The molecule has 1 aromatic heterocycles. The lowest BCUT2D eigenvalue weighted by Crippen LogP contribution is -2.30. The van der Waals surface area contributed by atoms with Crippen LogP contribution in [0.3, 0.4) is 0 Å². The van der Waals surface area contributed by atoms with Crippen molar-refractivity contribution in [1.29, 1.82) is 0 Å². The highest BCUT2D eigenvalue weighted by atomic mass is 32.1. The Hall–Kier alpha value is -2.73. The van der Waals surface area contributed by atoms with Crippen LogP contribution in [0.25, 0.3) is 10.6 Å². The first-order valence-corrected chi connectivity index (χ1v) is 8.36. The van der Waals surface area contributed by atoms with Gasteiger partial charge < -0.3 is 4.74 Å². The van der Waals surface area contributed by atoms with Crippen LogP contribution in [0.1, 0.15) is 12.5 Å². The lowest BCUT2D eigenvalue weighted by molar-refractivity contribution is -0.122. The van der Waals surface area contributed by atoms with E-state index < -0.39 is 6.10 Å². The molecule has 0 fully saturated rings. The van der Waals surface area contributed by atoms with E-state index in [1.54, 1.807) is 6.92 Å². The zero-order valence-electron chi connectivity index (χ0n) is 13.4. The fourth-order valence-electron chi connectivity index (χ4n) is 2.12. The molecular weight excluding hydrogens is 322 g/mol. The second kappa shape index (κ2) is 7.23. The molecule has 0 spiro atoms. The van der Waals surface area contributed by atoms with Gasteiger partial charge >= 0.3 is 0 Å². The Kier molecular flexibility index (Phi) is 4.86. The van der Waals surface area contributed by atoms with Gasteiger partial charge in [-0.15, -0.1) is 10.2 Å². The SMILES string of the molecule is Cc1cccc(OC(C)C(=O)Nc2nnc(-c3ccccc3)s2)c1. The highest BCUT2D eigenvalue weighted by molar-refractivity contribution is 7.18. The Morgan fingerprint density at radius 1 is 1.12 bits per heavy atom. The van der Waals surface area contributed by atoms with Crippen LogP contribution in [-0.2, 0) is 4.79 Å². The van der Waals surface area contributed by atoms with Crippen LogP contribution >= 0.6 is 11.3 Å². The van der Waals surface area contributed by atoms with Crippen molar-refractivity contribution in [2.75, 3.05) is 5.32 Å². The molecule has 1 heterocycles. The number of rotatable bonds is 5. The minimum Gasteiger partial charge on any atom is -0.481 e. The molecule has 1 N–H and O–H groups in total. The van der Waals surface area contributed by atoms with Crippen LogP contribution in [0.5, 0.6) is 5.75 Å². The van der Waals surface area contributed by atoms with Crippen molar-refractivity contribution in [2.45, 2.75) is 20.0 Å². The Bertz CT molecular complexity index is 833. The quantitative estimate of drug-likeness (QED) is 0.765. The van der Waals surface area contributed by atoms with Crippen LogP contribution in [0, 0.1) is 6.92 Å². The molecule has 1 atom stereocenters. The number of aryl methyl sites for hydroxylation is 1. The van der Waals surface area contributed by atoms with E-state index in [4.69, 9.17) is 4.74 Å². The largest absolute Gasteiger partial charge is 0.481 e. The zero-order valence-corrected chi connectivity index (χ0v) is 14.2. The monoisotopic (exact) mass is 339 g/mol. The topological polar surface area (TPSA) is 64.1 Å². The van der Waals surface area contributed by atoms with Gasteiger partial charge in [0.15, 0.2) is 6.10 Å². The minimum atomic E-state index is -0.629. The molecule has 0 saturated heterocycles. The molecule has 0 radical (unpaired) electrons. The van der Waals surface area contributed by atoms with Crippen molar-refractivity contribution >= 4 is 22.4 Å². The number of carbonyl (C=O) groups excluding carboxylic acids is 1. The Morgan fingerprint density at radius 2 is 1.92 bits per heavy atom. The maximum Gasteiger partial charge on any atom is 0.266 e. The van der Waals surface area contributed by atoms with E-state index >= 15 is 0 Å². The van der Waals surface area contributed by atoms with Gasteiger partial charge in [-0.1, -0.05) is 53.8 Å². The predicted octanol–water partition coefficient (Wildman–Crippen LogP) is 3.92. The average molecular weight is 339 g/mol. The standard InChI is InChI=1S/C18H17N3O2S/c1-12-7-6-10-15(11-12)23-13(2)16(22)19-18-21-20-17(24-18)14-8-4-3-5-9-14/h3-11,13H,1-2H3,(H,19,21,22). The molecule has 0 bridgehead atoms. The van der Waals surface area contributed by atoms with Gasteiger partial charge in [0.1, 0.15) is 10.8 Å². The summed E-state index contributed by atoms with van der Waals surface area (Å²) in [5.74, 6) is 0.409. The molecule has 122 valence electrons. The number of hydrogen-bond donors (Lipinski definition) is 1. The summed E-state index contributed by atoms with van der Waals surface area (Å²) >= 11 is 1.33. The molecule has 0 aliphatic rings. The fourth-order valence-corrected chi connectivity index (χ4v) is 2.88. The number of ether oxygens (including phenoxy) is 1. The lowest BCUT2D eigenvalue weighted by Gasteiger charge is -2.13. The highest BCUT2D eigenvalue weighted by Gasteiger charge is 2.17. The minimum absolute atomic E-state index is 0.257. The molecule has 0 saturated carbocycles. The van der Waals surface area contributed by atoms with E-state index in [0.717, 1.165) is 16.1 Å². The molecule has 0 aliphatic carbocycles. The third-order valence-corrected chi connectivity index (χ3v) is 4.24. The van der Waals surface area contributed by atoms with E-state index in [0.29, 0.717) is 10.9 Å². The molecule has 24 heavy (non-hydrogen) atoms. The van der Waals surface area contributed by atoms with Gasteiger partial charge in [-0.3, -0.25) is 10.1 Å². The first-order chi connectivity index (χ1) is 11.6. The van der Waals surface area contributed by atoms with Gasteiger partial charge in [-0.2, -0.15) is 0 Å². The summed E-state index contributed by atoms with van der Waals surface area (Å²) in [5, 5.41) is 12.1. The Balaban J connectivity index is 1.63. The van der Waals surface area contributed by atoms with Crippen molar-refractivity contribution in [3.8, 4) is 16.3 Å². The lowest BCUT2D eigenvalue weighted by atomic mass is 10.2. The fraction of sp³-hybridized carbons (Fsp3) is 0.167. The molecule has 6 heteroatoms. The molecule has 1 amide bonds. The molecular formula is C18H17N3O2S. The average Bonchev–Trinajstić information content (AvgIpc) is 3.04. The molecule has 3 rings (SSSR count). The maximum atomic E-state index is 12.3. The number of anilines is 1. The summed E-state index contributed by atoms with van der Waals surface area (Å²) in [7, 11) is 0. The van der Waals surface area contributed by atoms with Crippen molar-refractivity contribution in [1.82, 2.24) is 10.2 Å². The van der Waals surface area contributed by atoms with Crippen molar-refractivity contribution in [2.24, 2.45) is 0 Å². The first-order valence-electron chi connectivity index (χ1n) is 7.55. The van der Waals surface area contributed by atoms with Crippen molar-refractivity contribution in [3.05, 3.63) is 60.2 Å². The normalized spacial score (nSPS) is 11.8. The van der Waals surface area contributed by atoms with Crippen LogP contribution < -0.4 is 10.1 Å². The second-order valence-corrected chi connectivity index (χ2v) is 6.32. The number of nitrogens with zero attached hydrogens (tertiary/aromatic N) is 2. The Morgan fingerprint density at radius 3 is 2.67 bits per heavy atom. The smallest absolute Gasteiger partial charge is 0.266 e. The maximum absolute atomic E-state index is 12.3. The van der Waals surface area contributed by atoms with Crippen molar-refractivity contribution in [3.63, 3.8) is 0 Å². The second-order valence-electron chi connectivity index (χ2n) is 5.34. The molecule has 1 unspecified atom stereocenters. The number of amides is 1. The third-order valence-electron chi connectivity index (χ3n) is 3.35. The van der Waals surface area contributed by atoms with E-state index in [-0.39, 0.29) is 5.91 Å². The van der Waals surface area contributed by atoms with E-state index in [1.807, 2.05) is 61.5 Å². The van der Waals surface area contributed by atoms with Gasteiger partial charge in [-0.05, 0) is 31.5 Å². The number of aromatic nitrogens is 2. The number of benzene rings is 2. The third kappa shape index (κ3) is 3.97. The van der Waals surface area contributed by atoms with Gasteiger partial charge in [-0.25, -0.2) is 0 Å². The molecule has 5 nitrogen and oxygen atoms in total. The summed E-state index contributed by atoms with van der Waals surface area (Å²) < 4.78 is 5.67. The van der Waals surface area contributed by atoms with Gasteiger partial charge in [0, 0.05) is 5.56 Å². The van der Waals surface area contributed by atoms with Crippen LogP contribution in [0.4, 0.5) is 5.13 Å². The van der Waals surface area contributed by atoms with Gasteiger partial charge in [0.2, 0.25) is 5.13 Å². The van der Waals surface area contributed by atoms with E-state index in [1.165, 1.54) is 11.3 Å². The van der Waals surface area contributed by atoms with E-state index in [9.17, 15) is 4.79 Å². The summed E-state index contributed by atoms with van der Waals surface area (Å²) in [5.41, 5.74) is 2.05. The molecule has 3 aromatic rings. The molecule has 2 aromatic carbocycles. The summed E-state index contributed by atoms with van der Waals surface area (Å²) in [6, 6.07) is 17.3. The van der Waals surface area contributed by atoms with Gasteiger partial charge in [0.25, 0.3) is 5.91 Å². The number of nitrogens with one attached hydrogen (secondary N) is 1. The summed E-state index contributed by atoms with van der Waals surface area (Å²) in [6.45, 7) is 3.68. The first kappa shape index (κ1) is 16.1. The Labute approximate surface area is 144 Å². The van der Waals surface area contributed by atoms with Crippen LogP contribution in [0.2, 0.25) is 0 Å². The zero-order chi connectivity index (χ0) is 16.9. The van der Waals surface area contributed by atoms with Gasteiger partial charge in [0.05, 0.1) is 0 Å². The number of carbonyl (C=O) groups is 1. The van der Waals surface area contributed by atoms with Crippen LogP contribution in [-0.4, -0.2) is 22.2 Å². The van der Waals surface area contributed by atoms with E-state index in [2.05, 4.69) is 15.5 Å². The summed E-state index contributed by atoms with van der Waals surface area (Å²) in [6.07, 6.45) is -0.629.